The fraction of sp³-hybridized carbons (Fsp3) is 0.396. The van der Waals surface area contributed by atoms with Crippen LogP contribution < -0.4 is 10.2 Å². The van der Waals surface area contributed by atoms with Crippen LogP contribution in [0.5, 0.6) is 5.75 Å². The average Bonchev–Trinajstić information content (AvgIpc) is 3.49. The summed E-state index contributed by atoms with van der Waals surface area (Å²) in [7, 11) is 0. The van der Waals surface area contributed by atoms with Crippen LogP contribution in [0.3, 0.4) is 0 Å². The summed E-state index contributed by atoms with van der Waals surface area (Å²) < 4.78 is 0. The number of imide groups is 1. The second kappa shape index (κ2) is 15.9. The highest BCUT2D eigenvalue weighted by Gasteiger charge is 2.44. The fourth-order valence-corrected chi connectivity index (χ4v) is 10.3. The molecule has 0 spiro atoms. The van der Waals surface area contributed by atoms with Crippen LogP contribution in [0.2, 0.25) is 0 Å². The first-order valence-electron chi connectivity index (χ1n) is 21.0. The number of hydrogen-bond donors (Lipinski definition) is 2. The van der Waals surface area contributed by atoms with Crippen molar-refractivity contribution in [2.45, 2.75) is 75.3 Å². The molecule has 4 aliphatic heterocycles. The first-order valence-corrected chi connectivity index (χ1v) is 21.0. The number of benzene rings is 4. The predicted molar refractivity (Wildman–Crippen MR) is 223 cm³/mol. The van der Waals surface area contributed by atoms with Gasteiger partial charge in [0.05, 0.1) is 11.1 Å². The minimum absolute atomic E-state index is 0.276. The largest absolute Gasteiger partial charge is 0.508 e. The van der Waals surface area contributed by atoms with Crippen molar-refractivity contribution in [2.24, 2.45) is 0 Å². The van der Waals surface area contributed by atoms with E-state index in [-0.39, 0.29) is 23.6 Å². The topological polar surface area (TPSA) is 96.4 Å². The number of amides is 3. The van der Waals surface area contributed by atoms with Gasteiger partial charge in [-0.1, -0.05) is 67.2 Å². The Morgan fingerprint density at radius 3 is 2.23 bits per heavy atom. The normalized spacial score (nSPS) is 23.4. The van der Waals surface area contributed by atoms with Crippen molar-refractivity contribution < 1.29 is 19.5 Å². The maximum Gasteiger partial charge on any atom is 0.262 e. The minimum Gasteiger partial charge on any atom is -0.508 e. The zero-order valence-corrected chi connectivity index (χ0v) is 32.7. The Morgan fingerprint density at radius 1 is 0.719 bits per heavy atom. The van der Waals surface area contributed by atoms with Gasteiger partial charge in [0.2, 0.25) is 5.91 Å². The Bertz CT molecular complexity index is 2150. The van der Waals surface area contributed by atoms with Gasteiger partial charge in [0, 0.05) is 49.5 Å². The average molecular weight is 764 g/mol. The molecule has 9 heteroatoms. The quantitative estimate of drug-likeness (QED) is 0.180. The molecule has 1 aliphatic carbocycles. The number of hydrogen-bond acceptors (Lipinski definition) is 7. The molecule has 3 amide bonds. The van der Waals surface area contributed by atoms with E-state index < -0.39 is 6.04 Å². The summed E-state index contributed by atoms with van der Waals surface area (Å²) in [4.78, 5) is 48.0. The van der Waals surface area contributed by atoms with Crippen molar-refractivity contribution in [3.05, 3.63) is 142 Å². The second-order valence-corrected chi connectivity index (χ2v) is 16.7. The highest BCUT2D eigenvalue weighted by atomic mass is 16.3. The van der Waals surface area contributed by atoms with Crippen LogP contribution in [-0.2, 0) is 17.6 Å². The third-order valence-corrected chi connectivity index (χ3v) is 13.4. The van der Waals surface area contributed by atoms with Crippen molar-refractivity contribution in [1.82, 2.24) is 20.0 Å². The van der Waals surface area contributed by atoms with Crippen LogP contribution >= 0.6 is 0 Å². The van der Waals surface area contributed by atoms with Crippen LogP contribution in [0.4, 0.5) is 5.69 Å². The molecule has 294 valence electrons. The minimum atomic E-state index is -0.794. The monoisotopic (exact) mass is 763 g/mol. The van der Waals surface area contributed by atoms with Crippen molar-refractivity contribution in [1.29, 1.82) is 0 Å². The van der Waals surface area contributed by atoms with Gasteiger partial charge >= 0.3 is 0 Å². The molecule has 5 aliphatic rings. The summed E-state index contributed by atoms with van der Waals surface area (Å²) >= 11 is 0. The number of piperidine rings is 2. The lowest BCUT2D eigenvalue weighted by atomic mass is 9.69. The van der Waals surface area contributed by atoms with E-state index in [1.54, 1.807) is 6.07 Å². The smallest absolute Gasteiger partial charge is 0.262 e. The van der Waals surface area contributed by atoms with Gasteiger partial charge in [-0.3, -0.25) is 24.2 Å². The molecule has 0 aromatic heterocycles. The van der Waals surface area contributed by atoms with Crippen LogP contribution in [-0.4, -0.2) is 95.4 Å². The van der Waals surface area contributed by atoms with Crippen molar-refractivity contribution in [3.8, 4) is 5.75 Å². The van der Waals surface area contributed by atoms with E-state index in [1.807, 2.05) is 24.3 Å². The first-order chi connectivity index (χ1) is 27.8. The lowest BCUT2D eigenvalue weighted by Crippen LogP contribution is -2.53. The van der Waals surface area contributed by atoms with Crippen LogP contribution in [0.25, 0.3) is 0 Å². The number of phenolic OH excluding ortho intramolecular Hbond substituents is 1. The molecule has 9 nitrogen and oxygen atoms in total. The van der Waals surface area contributed by atoms with Crippen molar-refractivity contribution in [2.75, 3.05) is 50.7 Å². The molecule has 0 saturated carbocycles. The number of aryl methyl sites for hydroxylation is 2. The number of piperazine rings is 1. The summed E-state index contributed by atoms with van der Waals surface area (Å²) in [5.74, 6) is -0.0641. The molecule has 3 atom stereocenters. The van der Waals surface area contributed by atoms with E-state index in [1.165, 1.54) is 40.7 Å². The zero-order chi connectivity index (χ0) is 39.0. The number of phenols is 1. The summed E-state index contributed by atoms with van der Waals surface area (Å²) in [5, 5.41) is 12.9. The Labute approximate surface area is 336 Å². The van der Waals surface area contributed by atoms with Gasteiger partial charge in [-0.25, -0.2) is 0 Å². The lowest BCUT2D eigenvalue weighted by molar-refractivity contribution is -0.125. The number of aromatic hydroxyl groups is 1. The number of likely N-dealkylation sites (tertiary alicyclic amines) is 1. The molecule has 4 aromatic rings. The summed E-state index contributed by atoms with van der Waals surface area (Å²) in [6.07, 6.45) is 7.61. The number of carbonyl (C=O) groups excluding carboxylic acids is 3. The fourth-order valence-electron chi connectivity index (χ4n) is 10.3. The number of nitrogens with zero attached hydrogens (tertiary/aromatic N) is 4. The van der Waals surface area contributed by atoms with E-state index >= 15 is 0 Å². The molecule has 3 fully saturated rings. The Balaban J connectivity index is 0.742. The van der Waals surface area contributed by atoms with Gasteiger partial charge in [0.15, 0.2) is 0 Å². The van der Waals surface area contributed by atoms with Gasteiger partial charge < -0.3 is 20.2 Å². The maximum absolute atomic E-state index is 13.4. The molecule has 1 unspecified atom stereocenters. The van der Waals surface area contributed by atoms with E-state index in [4.69, 9.17) is 0 Å². The molecular formula is C48H53N5O4. The highest BCUT2D eigenvalue weighted by Crippen LogP contribution is 2.47. The molecule has 0 bridgehead atoms. The molecule has 4 aromatic carbocycles. The van der Waals surface area contributed by atoms with Crippen molar-refractivity contribution in [3.63, 3.8) is 0 Å². The molecule has 0 radical (unpaired) electrons. The highest BCUT2D eigenvalue weighted by molar-refractivity contribution is 6.23. The third kappa shape index (κ3) is 7.51. The van der Waals surface area contributed by atoms with Gasteiger partial charge in [0.1, 0.15) is 11.8 Å². The Morgan fingerprint density at radius 2 is 1.47 bits per heavy atom. The molecule has 57 heavy (non-hydrogen) atoms. The number of fused-ring (bicyclic) bond motifs is 2. The molecule has 3 saturated heterocycles. The third-order valence-electron chi connectivity index (χ3n) is 13.4. The predicted octanol–water partition coefficient (Wildman–Crippen LogP) is 6.86. The number of nitrogens with one attached hydrogen (secondary N) is 1. The molecular weight excluding hydrogens is 711 g/mol. The molecule has 9 rings (SSSR count). The molecule has 2 N–H and O–H groups in total. The summed E-state index contributed by atoms with van der Waals surface area (Å²) in [6.45, 7) is 10.9. The van der Waals surface area contributed by atoms with E-state index in [0.717, 1.165) is 82.1 Å². The zero-order valence-electron chi connectivity index (χ0n) is 32.7. The first kappa shape index (κ1) is 37.3. The SMILES string of the molecule is C=C1CCC(N2C(=O)c3ccc(N4CCN(C5CCN(CCCc6ccc([C@H]7c8ccc(O)cc8CC[C@H]7c7ccccc7)cc6)CC5)CC4)cc3C2=O)C(=O)N1. The van der Waals surface area contributed by atoms with Crippen LogP contribution in [0, 0.1) is 0 Å². The van der Waals surface area contributed by atoms with Gasteiger partial charge in [-0.15, -0.1) is 0 Å². The van der Waals surface area contributed by atoms with E-state index in [0.29, 0.717) is 47.4 Å². The van der Waals surface area contributed by atoms with Gasteiger partial charge in [0.25, 0.3) is 11.8 Å². The van der Waals surface area contributed by atoms with Crippen LogP contribution in [0.15, 0.2) is 103 Å². The second-order valence-electron chi connectivity index (χ2n) is 16.7. The van der Waals surface area contributed by atoms with E-state index in [2.05, 4.69) is 87.3 Å². The van der Waals surface area contributed by atoms with Gasteiger partial charge in [-0.05, 0) is 135 Å². The van der Waals surface area contributed by atoms with Crippen LogP contribution in [0.1, 0.15) is 98.9 Å². The summed E-state index contributed by atoms with van der Waals surface area (Å²) in [5.41, 5.74) is 9.10. The van der Waals surface area contributed by atoms with E-state index in [9.17, 15) is 19.5 Å². The number of carbonyl (C=O) groups is 3. The summed E-state index contributed by atoms with van der Waals surface area (Å²) in [6, 6.07) is 31.6. The number of allylic oxidation sites excluding steroid dienone is 1. The van der Waals surface area contributed by atoms with Crippen molar-refractivity contribution >= 4 is 23.4 Å². The van der Waals surface area contributed by atoms with Gasteiger partial charge in [-0.2, -0.15) is 0 Å². The molecule has 4 heterocycles. The Kier molecular flexibility index (Phi) is 10.4. The number of rotatable bonds is 9. The lowest BCUT2D eigenvalue weighted by Gasteiger charge is -2.43. The Hall–Kier alpha value is -5.25. The standard InChI is InChI=1S/C48H53N5O4/c1-32-9-20-44(46(55)49-32)53-47(56)42-18-15-38(31-43(42)48(53)57)52-28-26-51(27-29-52)37-21-24-50(25-22-37)23-5-6-33-10-12-35(13-11-33)45-40(34-7-3-2-4-8-34)17-14-36-30-39(54)16-19-41(36)45/h2-4,7-8,10-13,15-16,18-19,30-31,37,40,44-45,54H,1,5-6,9,14,17,20-29H2,(H,49,55)/t40-,44?,45+/m0/s1. The maximum atomic E-state index is 13.4. The number of anilines is 1.